The molecule has 0 unspecified atom stereocenters. The molecule has 2 N–H and O–H groups in total. The van der Waals surface area contributed by atoms with Gasteiger partial charge in [-0.3, -0.25) is 24.6 Å². The number of aliphatic hydroxyl groups is 1. The molecule has 0 saturated carbocycles. The van der Waals surface area contributed by atoms with Crippen molar-refractivity contribution in [3.8, 4) is 11.1 Å². The Kier molecular flexibility index (Phi) is 10.2. The Morgan fingerprint density at radius 3 is 2.54 bits per heavy atom. The molecule has 4 aromatic rings. The van der Waals surface area contributed by atoms with Gasteiger partial charge in [0.25, 0.3) is 5.91 Å². The van der Waals surface area contributed by atoms with Gasteiger partial charge in [0.2, 0.25) is 0 Å². The van der Waals surface area contributed by atoms with Crippen LogP contribution in [0.1, 0.15) is 63.3 Å². The third-order valence-electron chi connectivity index (χ3n) is 8.96. The molecule has 0 spiro atoms. The van der Waals surface area contributed by atoms with Gasteiger partial charge in [-0.05, 0) is 110 Å². The number of halogens is 2. The smallest absolute Gasteiger partial charge is 0.274 e. The van der Waals surface area contributed by atoms with Gasteiger partial charge >= 0.3 is 0 Å². The summed E-state index contributed by atoms with van der Waals surface area (Å²) in [7, 11) is 0. The van der Waals surface area contributed by atoms with E-state index in [1.165, 1.54) is 24.0 Å². The maximum Gasteiger partial charge on any atom is 0.274 e. The van der Waals surface area contributed by atoms with Gasteiger partial charge in [0.05, 0.1) is 22.5 Å². The molecular weight excluding hydrogens is 617 g/mol. The number of aryl methyl sites for hydroxylation is 1. The molecular formula is C37H39Cl2N5O2. The Hall–Kier alpha value is -3.59. The molecule has 6 rings (SSSR count). The highest BCUT2D eigenvalue weighted by Crippen LogP contribution is 2.36. The number of aromatic nitrogens is 2. The Morgan fingerprint density at radius 2 is 1.80 bits per heavy atom. The number of benzene rings is 2. The zero-order valence-corrected chi connectivity index (χ0v) is 27.8. The topological polar surface area (TPSA) is 81.6 Å². The van der Waals surface area contributed by atoms with Crippen LogP contribution in [0.2, 0.25) is 10.0 Å². The molecule has 9 heteroatoms. The molecule has 0 radical (unpaired) electrons. The minimum atomic E-state index is -0.337. The first-order valence-electron chi connectivity index (χ1n) is 15.9. The normalized spacial score (nSPS) is 17.3. The van der Waals surface area contributed by atoms with E-state index in [0.717, 1.165) is 71.1 Å². The van der Waals surface area contributed by atoms with Crippen LogP contribution in [-0.2, 0) is 13.1 Å². The molecule has 4 heterocycles. The molecule has 2 fully saturated rings. The lowest BCUT2D eigenvalue weighted by atomic mass is 9.98. The van der Waals surface area contributed by atoms with Gasteiger partial charge in [-0.1, -0.05) is 53.5 Å². The van der Waals surface area contributed by atoms with E-state index >= 15 is 0 Å². The summed E-state index contributed by atoms with van der Waals surface area (Å²) in [4.78, 5) is 26.8. The van der Waals surface area contributed by atoms with Crippen molar-refractivity contribution in [1.82, 2.24) is 19.8 Å². The number of nitrogens with zero attached hydrogens (tertiary/aromatic N) is 4. The monoisotopic (exact) mass is 655 g/mol. The van der Waals surface area contributed by atoms with E-state index in [4.69, 9.17) is 23.2 Å². The number of β-amino-alcohol motifs (C(OH)–C–C–N with tert-alkyl or cyclic N) is 1. The molecule has 2 aliphatic heterocycles. The molecule has 2 aliphatic rings. The van der Waals surface area contributed by atoms with Crippen LogP contribution in [0.25, 0.3) is 23.3 Å². The lowest BCUT2D eigenvalue weighted by Gasteiger charge is -2.17. The highest BCUT2D eigenvalue weighted by molar-refractivity contribution is 6.36. The molecule has 7 nitrogen and oxygen atoms in total. The van der Waals surface area contributed by atoms with Gasteiger partial charge in [0, 0.05) is 49.2 Å². The van der Waals surface area contributed by atoms with Gasteiger partial charge in [-0.25, -0.2) is 0 Å². The Labute approximate surface area is 280 Å². The molecule has 2 aromatic heterocycles. The van der Waals surface area contributed by atoms with Crippen LogP contribution in [0.3, 0.4) is 0 Å². The van der Waals surface area contributed by atoms with E-state index in [-0.39, 0.29) is 12.0 Å². The van der Waals surface area contributed by atoms with E-state index in [9.17, 15) is 9.90 Å². The molecule has 238 valence electrons. The first-order chi connectivity index (χ1) is 22.2. The summed E-state index contributed by atoms with van der Waals surface area (Å²) >= 11 is 13.6. The van der Waals surface area contributed by atoms with E-state index in [2.05, 4.69) is 44.1 Å². The van der Waals surface area contributed by atoms with Crippen molar-refractivity contribution in [3.63, 3.8) is 0 Å². The molecule has 46 heavy (non-hydrogen) atoms. The number of pyridine rings is 2. The average molecular weight is 657 g/mol. The van der Waals surface area contributed by atoms with Crippen LogP contribution >= 0.6 is 23.2 Å². The van der Waals surface area contributed by atoms with Crippen LogP contribution in [0, 0.1) is 13.8 Å². The van der Waals surface area contributed by atoms with Crippen LogP contribution in [0.5, 0.6) is 0 Å². The van der Waals surface area contributed by atoms with Crippen molar-refractivity contribution >= 4 is 46.9 Å². The predicted octanol–water partition coefficient (Wildman–Crippen LogP) is 7.65. The summed E-state index contributed by atoms with van der Waals surface area (Å²) in [5.74, 6) is -0.337. The third kappa shape index (κ3) is 7.51. The minimum Gasteiger partial charge on any atom is -0.392 e. The van der Waals surface area contributed by atoms with Gasteiger partial charge in [-0.2, -0.15) is 0 Å². The van der Waals surface area contributed by atoms with Gasteiger partial charge in [0.15, 0.2) is 0 Å². The third-order valence-corrected chi connectivity index (χ3v) is 9.69. The fourth-order valence-corrected chi connectivity index (χ4v) is 6.82. The lowest BCUT2D eigenvalue weighted by Crippen LogP contribution is -2.21. The van der Waals surface area contributed by atoms with Crippen LogP contribution in [0.15, 0.2) is 60.9 Å². The van der Waals surface area contributed by atoms with Crippen molar-refractivity contribution < 1.29 is 9.90 Å². The average Bonchev–Trinajstić information content (AvgIpc) is 3.71. The maximum absolute atomic E-state index is 13.1. The number of nitrogens with one attached hydrogen (secondary N) is 1. The second-order valence-electron chi connectivity index (χ2n) is 12.3. The molecule has 1 atom stereocenters. The number of amides is 1. The van der Waals surface area contributed by atoms with E-state index < -0.39 is 0 Å². The van der Waals surface area contributed by atoms with E-state index in [0.29, 0.717) is 29.5 Å². The second kappa shape index (κ2) is 14.4. The Bertz CT molecular complexity index is 1750. The summed E-state index contributed by atoms with van der Waals surface area (Å²) in [6.45, 7) is 9.61. The quantitative estimate of drug-likeness (QED) is 0.193. The molecule has 0 aliphatic carbocycles. The van der Waals surface area contributed by atoms with Crippen LogP contribution in [0.4, 0.5) is 5.69 Å². The Balaban J connectivity index is 1.16. The number of rotatable bonds is 9. The molecule has 1 amide bonds. The van der Waals surface area contributed by atoms with Crippen molar-refractivity contribution in [2.24, 2.45) is 0 Å². The second-order valence-corrected chi connectivity index (χ2v) is 13.1. The van der Waals surface area contributed by atoms with Gasteiger partial charge in [0.1, 0.15) is 5.69 Å². The summed E-state index contributed by atoms with van der Waals surface area (Å²) in [6, 6.07) is 15.4. The maximum atomic E-state index is 13.1. The fraction of sp³-hybridized carbons (Fsp3) is 0.324. The number of carbonyl (C=O) groups is 1. The number of aliphatic hydroxyl groups excluding tert-OH is 1. The van der Waals surface area contributed by atoms with E-state index in [1.807, 2.05) is 43.3 Å². The first kappa shape index (κ1) is 32.4. The first-order valence-corrected chi connectivity index (χ1v) is 16.6. The number of likely N-dealkylation sites (tertiary alicyclic amines) is 2. The van der Waals surface area contributed by atoms with Crippen LogP contribution < -0.4 is 5.32 Å². The molecule has 0 bridgehead atoms. The summed E-state index contributed by atoms with van der Waals surface area (Å²) < 4.78 is 0. The van der Waals surface area contributed by atoms with Crippen molar-refractivity contribution in [2.45, 2.75) is 52.3 Å². The minimum absolute atomic E-state index is 0.270. The summed E-state index contributed by atoms with van der Waals surface area (Å²) in [6.07, 6.45) is 10.5. The zero-order valence-electron chi connectivity index (χ0n) is 26.3. The largest absolute Gasteiger partial charge is 0.392 e. The van der Waals surface area contributed by atoms with Crippen molar-refractivity contribution in [1.29, 1.82) is 0 Å². The van der Waals surface area contributed by atoms with Gasteiger partial charge in [-0.15, -0.1) is 0 Å². The number of hydrogen-bond donors (Lipinski definition) is 2. The Morgan fingerprint density at radius 1 is 0.978 bits per heavy atom. The molecule has 2 aromatic carbocycles. The lowest BCUT2D eigenvalue weighted by molar-refractivity contribution is 0.102. The summed E-state index contributed by atoms with van der Waals surface area (Å²) in [5.41, 5.74) is 8.76. The number of carbonyl (C=O) groups excluding carboxylic acids is 1. The highest BCUT2D eigenvalue weighted by atomic mass is 35.5. The summed E-state index contributed by atoms with van der Waals surface area (Å²) in [5, 5.41) is 13.9. The molecule has 2 saturated heterocycles. The number of hydrogen-bond acceptors (Lipinski definition) is 6. The standard InChI is InChI=1S/C37H39Cl2N5O2/c1-24-18-27(32(38)19-28(24)22-43-15-3-4-16-43)9-11-33-25(2)30(12-14-40-33)31-6-5-7-34(36(31)39)42-37(46)35-10-8-26(20-41-35)21-44-17-13-29(45)23-44/h5-12,14,18-20,29,45H,3-4,13,15-17,21-23H2,1-2H3,(H,42,46)/b11-9+/t29-/m1/s1. The highest BCUT2D eigenvalue weighted by Gasteiger charge is 2.21. The predicted molar refractivity (Wildman–Crippen MR) is 187 cm³/mol. The van der Waals surface area contributed by atoms with Gasteiger partial charge < -0.3 is 10.4 Å². The van der Waals surface area contributed by atoms with Crippen LogP contribution in [-0.4, -0.2) is 63.1 Å². The van der Waals surface area contributed by atoms with Crippen molar-refractivity contribution in [3.05, 3.63) is 110 Å². The fourth-order valence-electron chi connectivity index (χ4n) is 6.29. The zero-order chi connectivity index (χ0) is 32.2. The SMILES string of the molecule is Cc1cc(/C=C/c2nccc(-c3cccc(NC(=O)c4ccc(CN5CC[C@@H](O)C5)cn4)c3Cl)c2C)c(Cl)cc1CN1CCCC1. The van der Waals surface area contributed by atoms with E-state index in [1.54, 1.807) is 24.5 Å². The van der Waals surface area contributed by atoms with Crippen molar-refractivity contribution in [2.75, 3.05) is 31.5 Å². The number of anilines is 1.